The van der Waals surface area contributed by atoms with Gasteiger partial charge in [0.1, 0.15) is 11.6 Å². The molecule has 0 unspecified atom stereocenters. The molecule has 1 aliphatic rings. The summed E-state index contributed by atoms with van der Waals surface area (Å²) in [6.45, 7) is 0.967. The fourth-order valence-corrected chi connectivity index (χ4v) is 3.70. The van der Waals surface area contributed by atoms with Gasteiger partial charge >= 0.3 is 12.0 Å². The van der Waals surface area contributed by atoms with E-state index in [-0.39, 0.29) is 34.8 Å². The van der Waals surface area contributed by atoms with E-state index in [4.69, 9.17) is 11.6 Å². The van der Waals surface area contributed by atoms with Crippen LogP contribution in [0.3, 0.4) is 0 Å². The molecule has 0 aromatic heterocycles. The maximum Gasteiger partial charge on any atom is 0.337 e. The molecule has 2 aromatic rings. The van der Waals surface area contributed by atoms with Crippen LogP contribution in [0.1, 0.15) is 22.3 Å². The van der Waals surface area contributed by atoms with Crippen LogP contribution in [0.4, 0.5) is 19.3 Å². The SMILES string of the molecule is COC(=O)c1ccc(CN(C(=O)N2CC[C@@H](N(C)C)C2)c2ccc(F)c(Cl)c2)c(F)c1. The van der Waals surface area contributed by atoms with Gasteiger partial charge in [-0.25, -0.2) is 18.4 Å². The van der Waals surface area contributed by atoms with Gasteiger partial charge in [-0.2, -0.15) is 0 Å². The number of amides is 2. The molecule has 1 saturated heterocycles. The Labute approximate surface area is 184 Å². The van der Waals surface area contributed by atoms with Crippen molar-refractivity contribution >= 4 is 29.3 Å². The molecular weight excluding hydrogens is 428 g/mol. The van der Waals surface area contributed by atoms with Gasteiger partial charge in [-0.3, -0.25) is 4.90 Å². The quantitative estimate of drug-likeness (QED) is 0.640. The molecule has 3 rings (SSSR count). The van der Waals surface area contributed by atoms with Crippen LogP contribution in [0.2, 0.25) is 5.02 Å². The van der Waals surface area contributed by atoms with E-state index in [1.54, 1.807) is 4.90 Å². The number of carbonyl (C=O) groups excluding carboxylic acids is 2. The van der Waals surface area contributed by atoms with Crippen LogP contribution in [0.5, 0.6) is 0 Å². The molecule has 1 aliphatic heterocycles. The number of halogens is 3. The zero-order chi connectivity index (χ0) is 22.7. The Morgan fingerprint density at radius 1 is 1.16 bits per heavy atom. The van der Waals surface area contributed by atoms with E-state index in [0.717, 1.165) is 12.5 Å². The van der Waals surface area contributed by atoms with E-state index in [2.05, 4.69) is 9.64 Å². The van der Waals surface area contributed by atoms with Gasteiger partial charge in [-0.05, 0) is 50.8 Å². The molecule has 1 heterocycles. The molecule has 1 atom stereocenters. The van der Waals surface area contributed by atoms with Gasteiger partial charge in [-0.15, -0.1) is 0 Å². The average Bonchev–Trinajstić information content (AvgIpc) is 3.24. The molecular formula is C22H24ClF2N3O3. The monoisotopic (exact) mass is 451 g/mol. The van der Waals surface area contributed by atoms with Gasteiger partial charge in [0, 0.05) is 30.4 Å². The number of nitrogens with zero attached hydrogens (tertiary/aromatic N) is 3. The number of hydrogen-bond donors (Lipinski definition) is 0. The molecule has 2 amide bonds. The zero-order valence-corrected chi connectivity index (χ0v) is 18.3. The summed E-state index contributed by atoms with van der Waals surface area (Å²) in [4.78, 5) is 30.1. The molecule has 0 N–H and O–H groups in total. The van der Waals surface area contributed by atoms with Gasteiger partial charge in [0.25, 0.3) is 0 Å². The Kier molecular flexibility index (Phi) is 7.12. The smallest absolute Gasteiger partial charge is 0.337 e. The van der Waals surface area contributed by atoms with E-state index < -0.39 is 17.6 Å². The van der Waals surface area contributed by atoms with Gasteiger partial charge in [0.2, 0.25) is 0 Å². The number of methoxy groups -OCH3 is 1. The summed E-state index contributed by atoms with van der Waals surface area (Å²) in [5.74, 6) is -1.92. The number of carbonyl (C=O) groups is 2. The minimum Gasteiger partial charge on any atom is -0.465 e. The first-order chi connectivity index (χ1) is 14.7. The van der Waals surface area contributed by atoms with Crippen molar-refractivity contribution in [2.75, 3.05) is 39.2 Å². The summed E-state index contributed by atoms with van der Waals surface area (Å²) >= 11 is 5.93. The van der Waals surface area contributed by atoms with Crippen molar-refractivity contribution in [3.63, 3.8) is 0 Å². The van der Waals surface area contributed by atoms with Crippen LogP contribution >= 0.6 is 11.6 Å². The largest absolute Gasteiger partial charge is 0.465 e. The normalized spacial score (nSPS) is 16.0. The highest BCUT2D eigenvalue weighted by Gasteiger charge is 2.31. The molecule has 0 spiro atoms. The third kappa shape index (κ3) is 5.14. The van der Waals surface area contributed by atoms with Crippen molar-refractivity contribution in [1.29, 1.82) is 0 Å². The third-order valence-corrected chi connectivity index (χ3v) is 5.70. The van der Waals surface area contributed by atoms with Crippen molar-refractivity contribution in [2.24, 2.45) is 0 Å². The lowest BCUT2D eigenvalue weighted by Gasteiger charge is -2.29. The van der Waals surface area contributed by atoms with Crippen molar-refractivity contribution in [1.82, 2.24) is 9.80 Å². The number of esters is 1. The highest BCUT2D eigenvalue weighted by molar-refractivity contribution is 6.31. The molecule has 0 radical (unpaired) electrons. The predicted molar refractivity (Wildman–Crippen MR) is 114 cm³/mol. The number of urea groups is 1. The molecule has 0 saturated carbocycles. The summed E-state index contributed by atoms with van der Waals surface area (Å²) in [7, 11) is 5.12. The van der Waals surface area contributed by atoms with Crippen molar-refractivity contribution in [3.8, 4) is 0 Å². The summed E-state index contributed by atoms with van der Waals surface area (Å²) in [6.07, 6.45) is 0.818. The lowest BCUT2D eigenvalue weighted by Crippen LogP contribution is -2.43. The molecule has 9 heteroatoms. The number of rotatable bonds is 5. The van der Waals surface area contributed by atoms with Crippen LogP contribution in [0, 0.1) is 11.6 Å². The topological polar surface area (TPSA) is 53.1 Å². The van der Waals surface area contributed by atoms with Crippen molar-refractivity contribution in [3.05, 3.63) is 64.2 Å². The van der Waals surface area contributed by atoms with Crippen LogP contribution < -0.4 is 4.90 Å². The van der Waals surface area contributed by atoms with E-state index in [1.807, 2.05) is 14.1 Å². The maximum absolute atomic E-state index is 14.7. The number of likely N-dealkylation sites (N-methyl/N-ethyl adjacent to an activating group) is 1. The first kappa shape index (κ1) is 23.0. The highest BCUT2D eigenvalue weighted by Crippen LogP contribution is 2.27. The molecule has 0 bridgehead atoms. The number of hydrogen-bond acceptors (Lipinski definition) is 4. The van der Waals surface area contributed by atoms with Gasteiger partial charge in [0.05, 0.1) is 24.2 Å². The minimum atomic E-state index is -0.657. The van der Waals surface area contributed by atoms with E-state index in [1.165, 1.54) is 42.3 Å². The Balaban J connectivity index is 1.92. The molecule has 31 heavy (non-hydrogen) atoms. The van der Waals surface area contributed by atoms with E-state index in [9.17, 15) is 18.4 Å². The van der Waals surface area contributed by atoms with Crippen molar-refractivity contribution in [2.45, 2.75) is 19.0 Å². The molecule has 6 nitrogen and oxygen atoms in total. The summed E-state index contributed by atoms with van der Waals surface area (Å²) < 4.78 is 33.0. The third-order valence-electron chi connectivity index (χ3n) is 5.41. The Bertz CT molecular complexity index is 986. The number of benzene rings is 2. The molecule has 2 aromatic carbocycles. The van der Waals surface area contributed by atoms with Gasteiger partial charge in [0.15, 0.2) is 0 Å². The molecule has 166 valence electrons. The number of anilines is 1. The average molecular weight is 452 g/mol. The Hall–Kier alpha value is -2.71. The Morgan fingerprint density at radius 3 is 2.48 bits per heavy atom. The first-order valence-corrected chi connectivity index (χ1v) is 10.1. The second-order valence-electron chi connectivity index (χ2n) is 7.62. The summed E-state index contributed by atoms with van der Waals surface area (Å²) in [6, 6.07) is 7.76. The van der Waals surface area contributed by atoms with Crippen molar-refractivity contribution < 1.29 is 23.1 Å². The lowest BCUT2D eigenvalue weighted by atomic mass is 10.1. The minimum absolute atomic E-state index is 0.0693. The zero-order valence-electron chi connectivity index (χ0n) is 17.6. The fraction of sp³-hybridized carbons (Fsp3) is 0.364. The fourth-order valence-electron chi connectivity index (χ4n) is 3.52. The van der Waals surface area contributed by atoms with Crippen LogP contribution in [-0.2, 0) is 11.3 Å². The van der Waals surface area contributed by atoms with Gasteiger partial charge < -0.3 is 14.5 Å². The predicted octanol–water partition coefficient (Wildman–Crippen LogP) is 4.17. The van der Waals surface area contributed by atoms with Gasteiger partial charge in [-0.1, -0.05) is 17.7 Å². The standard InChI is InChI=1S/C22H24ClF2N3O3/c1-26(2)17-8-9-27(13-17)22(30)28(16-6-7-19(24)18(23)11-16)12-15-5-4-14(10-20(15)25)21(29)31-3/h4-7,10-11,17H,8-9,12-13H2,1-3H3/t17-/m1/s1. The maximum atomic E-state index is 14.7. The van der Waals surface area contributed by atoms with Crippen LogP contribution in [0.25, 0.3) is 0 Å². The first-order valence-electron chi connectivity index (χ1n) is 9.76. The number of ether oxygens (including phenoxy) is 1. The summed E-state index contributed by atoms with van der Waals surface area (Å²) in [5.41, 5.74) is 0.616. The molecule has 0 aliphatic carbocycles. The lowest BCUT2D eigenvalue weighted by molar-refractivity contribution is 0.0600. The van der Waals surface area contributed by atoms with E-state index in [0.29, 0.717) is 18.8 Å². The second-order valence-corrected chi connectivity index (χ2v) is 8.02. The summed E-state index contributed by atoms with van der Waals surface area (Å²) in [5, 5.41) is -0.135. The molecule has 1 fully saturated rings. The van der Waals surface area contributed by atoms with Crippen LogP contribution in [-0.4, -0.2) is 62.1 Å². The number of likely N-dealkylation sites (tertiary alicyclic amines) is 1. The highest BCUT2D eigenvalue weighted by atomic mass is 35.5. The Morgan fingerprint density at radius 2 is 1.90 bits per heavy atom. The van der Waals surface area contributed by atoms with Crippen LogP contribution in [0.15, 0.2) is 36.4 Å². The van der Waals surface area contributed by atoms with E-state index >= 15 is 0 Å². The second kappa shape index (κ2) is 9.62.